The van der Waals surface area contributed by atoms with E-state index in [1.165, 1.54) is 6.20 Å². The molecular formula is C9H9ClF3N. The summed E-state index contributed by atoms with van der Waals surface area (Å²) in [5, 5.41) is -1.86. The number of aromatic nitrogens is 1. The van der Waals surface area contributed by atoms with Crippen molar-refractivity contribution in [1.82, 2.24) is 4.98 Å². The van der Waals surface area contributed by atoms with Crippen LogP contribution in [-0.4, -0.2) is 16.5 Å². The van der Waals surface area contributed by atoms with Gasteiger partial charge in [-0.2, -0.15) is 13.2 Å². The Morgan fingerprint density at radius 3 is 2.64 bits per heavy atom. The van der Waals surface area contributed by atoms with Gasteiger partial charge in [-0.1, -0.05) is 6.07 Å². The molecule has 1 aromatic rings. The average molecular weight is 224 g/mol. The lowest BCUT2D eigenvalue weighted by Gasteiger charge is -2.13. The van der Waals surface area contributed by atoms with Crippen molar-refractivity contribution in [3.63, 3.8) is 0 Å². The third kappa shape index (κ3) is 2.87. The number of aryl methyl sites for hydroxylation is 1. The third-order valence-corrected chi connectivity index (χ3v) is 2.25. The van der Waals surface area contributed by atoms with E-state index in [0.717, 1.165) is 5.56 Å². The lowest BCUT2D eigenvalue weighted by molar-refractivity contribution is -0.130. The summed E-state index contributed by atoms with van der Waals surface area (Å²) in [6.45, 7) is 1.71. The summed E-state index contributed by atoms with van der Waals surface area (Å²) in [5.41, 5.74) is 1.12. The largest absolute Gasteiger partial charge is 0.405 e. The molecule has 1 nitrogen and oxygen atoms in total. The van der Waals surface area contributed by atoms with E-state index in [0.29, 0.717) is 5.69 Å². The maximum atomic E-state index is 12.1. The van der Waals surface area contributed by atoms with Gasteiger partial charge in [-0.3, -0.25) is 4.98 Å². The van der Waals surface area contributed by atoms with Crippen molar-refractivity contribution in [3.05, 3.63) is 29.6 Å². The summed E-state index contributed by atoms with van der Waals surface area (Å²) in [5.74, 6) is 0. The van der Waals surface area contributed by atoms with E-state index >= 15 is 0 Å². The molecule has 5 heteroatoms. The number of halogens is 4. The fourth-order valence-corrected chi connectivity index (χ4v) is 1.16. The van der Waals surface area contributed by atoms with E-state index in [1.807, 2.05) is 0 Å². The molecule has 78 valence electrons. The minimum absolute atomic E-state index is 0.280. The second-order valence-corrected chi connectivity index (χ2v) is 3.51. The van der Waals surface area contributed by atoms with Gasteiger partial charge < -0.3 is 0 Å². The Morgan fingerprint density at radius 2 is 2.14 bits per heavy atom. The summed E-state index contributed by atoms with van der Waals surface area (Å²) in [6.07, 6.45) is -3.19. The van der Waals surface area contributed by atoms with Gasteiger partial charge in [-0.25, -0.2) is 0 Å². The van der Waals surface area contributed by atoms with Crippen LogP contribution in [0.2, 0.25) is 0 Å². The minimum atomic E-state index is -4.37. The maximum Gasteiger partial charge on any atom is 0.405 e. The molecule has 0 spiro atoms. The van der Waals surface area contributed by atoms with E-state index in [1.54, 1.807) is 19.1 Å². The number of nitrogens with zero attached hydrogens (tertiary/aromatic N) is 1. The summed E-state index contributed by atoms with van der Waals surface area (Å²) in [7, 11) is 0. The van der Waals surface area contributed by atoms with Gasteiger partial charge in [0.05, 0.1) is 0 Å². The second kappa shape index (κ2) is 4.17. The second-order valence-electron chi connectivity index (χ2n) is 2.98. The van der Waals surface area contributed by atoms with Gasteiger partial charge in [0.2, 0.25) is 0 Å². The number of hydrogen-bond acceptors (Lipinski definition) is 1. The van der Waals surface area contributed by atoms with Gasteiger partial charge in [-0.05, 0) is 18.6 Å². The van der Waals surface area contributed by atoms with Crippen LogP contribution in [0.15, 0.2) is 18.3 Å². The predicted octanol–water partition coefficient (Wildman–Crippen LogP) is 3.10. The molecule has 0 aliphatic rings. The standard InChI is InChI=1S/C9H9ClF3N/c1-6-3-2-4-14-7(6)5-8(10)9(11,12)13/h2-4,8H,5H2,1H3. The first-order chi connectivity index (χ1) is 6.41. The van der Waals surface area contributed by atoms with Crippen LogP contribution in [0, 0.1) is 6.92 Å². The Kier molecular flexibility index (Phi) is 3.37. The first kappa shape index (κ1) is 11.3. The molecule has 1 atom stereocenters. The van der Waals surface area contributed by atoms with Crippen molar-refractivity contribution < 1.29 is 13.2 Å². The highest BCUT2D eigenvalue weighted by Gasteiger charge is 2.38. The van der Waals surface area contributed by atoms with Crippen molar-refractivity contribution in [2.45, 2.75) is 24.9 Å². The molecule has 0 saturated heterocycles. The number of pyridine rings is 1. The average Bonchev–Trinajstić information content (AvgIpc) is 2.07. The van der Waals surface area contributed by atoms with Crippen molar-refractivity contribution in [1.29, 1.82) is 0 Å². The van der Waals surface area contributed by atoms with Crippen LogP contribution in [0.25, 0.3) is 0 Å². The van der Waals surface area contributed by atoms with Gasteiger partial charge in [0, 0.05) is 18.3 Å². The van der Waals surface area contributed by atoms with Crippen LogP contribution >= 0.6 is 11.6 Å². The zero-order valence-corrected chi connectivity index (χ0v) is 8.23. The fraction of sp³-hybridized carbons (Fsp3) is 0.444. The maximum absolute atomic E-state index is 12.1. The van der Waals surface area contributed by atoms with Crippen LogP contribution in [0.3, 0.4) is 0 Å². The highest BCUT2D eigenvalue weighted by molar-refractivity contribution is 6.21. The smallest absolute Gasteiger partial charge is 0.261 e. The molecule has 0 aromatic carbocycles. The zero-order valence-electron chi connectivity index (χ0n) is 7.48. The number of alkyl halides is 4. The van der Waals surface area contributed by atoms with Crippen LogP contribution in [0.4, 0.5) is 13.2 Å². The van der Waals surface area contributed by atoms with Gasteiger partial charge >= 0.3 is 6.18 Å². The van der Waals surface area contributed by atoms with Crippen LogP contribution in [0.1, 0.15) is 11.3 Å². The molecule has 1 heterocycles. The predicted molar refractivity (Wildman–Crippen MR) is 48.4 cm³/mol. The summed E-state index contributed by atoms with van der Waals surface area (Å²) in [6, 6.07) is 3.39. The third-order valence-electron chi connectivity index (χ3n) is 1.85. The minimum Gasteiger partial charge on any atom is -0.261 e. The molecule has 14 heavy (non-hydrogen) atoms. The van der Waals surface area contributed by atoms with Gasteiger partial charge in [0.25, 0.3) is 0 Å². The van der Waals surface area contributed by atoms with E-state index in [2.05, 4.69) is 4.98 Å². The van der Waals surface area contributed by atoms with Crippen molar-refractivity contribution in [2.75, 3.05) is 0 Å². The summed E-state index contributed by atoms with van der Waals surface area (Å²) >= 11 is 5.20. The molecule has 0 aliphatic carbocycles. The van der Waals surface area contributed by atoms with Crippen molar-refractivity contribution in [3.8, 4) is 0 Å². The Labute approximate surface area is 84.9 Å². The summed E-state index contributed by atoms with van der Waals surface area (Å²) in [4.78, 5) is 3.85. The highest BCUT2D eigenvalue weighted by Crippen LogP contribution is 2.27. The Hall–Kier alpha value is -0.770. The Bertz CT molecular complexity index is 311. The molecule has 1 rings (SSSR count). The van der Waals surface area contributed by atoms with Crippen LogP contribution in [0.5, 0.6) is 0 Å². The fourth-order valence-electron chi connectivity index (χ4n) is 1.02. The molecule has 0 N–H and O–H groups in total. The molecule has 1 unspecified atom stereocenters. The highest BCUT2D eigenvalue weighted by atomic mass is 35.5. The van der Waals surface area contributed by atoms with Gasteiger partial charge in [-0.15, -0.1) is 11.6 Å². The first-order valence-electron chi connectivity index (χ1n) is 4.02. The van der Waals surface area contributed by atoms with Crippen LogP contribution in [-0.2, 0) is 6.42 Å². The van der Waals surface area contributed by atoms with Gasteiger partial charge in [0.1, 0.15) is 5.38 Å². The first-order valence-corrected chi connectivity index (χ1v) is 4.46. The SMILES string of the molecule is Cc1cccnc1CC(Cl)C(F)(F)F. The normalized spacial score (nSPS) is 14.1. The molecule has 0 saturated carbocycles. The Morgan fingerprint density at radius 1 is 1.50 bits per heavy atom. The van der Waals surface area contributed by atoms with E-state index < -0.39 is 11.6 Å². The van der Waals surface area contributed by atoms with Crippen LogP contribution < -0.4 is 0 Å². The lowest BCUT2D eigenvalue weighted by Crippen LogP contribution is -2.26. The molecule has 0 amide bonds. The molecule has 0 radical (unpaired) electrons. The Balaban J connectivity index is 2.75. The monoisotopic (exact) mass is 223 g/mol. The molecule has 1 aromatic heterocycles. The quantitative estimate of drug-likeness (QED) is 0.702. The molecule has 0 bridgehead atoms. The van der Waals surface area contributed by atoms with E-state index in [9.17, 15) is 13.2 Å². The van der Waals surface area contributed by atoms with Gasteiger partial charge in [0.15, 0.2) is 0 Å². The lowest BCUT2D eigenvalue weighted by atomic mass is 10.1. The number of hydrogen-bond donors (Lipinski definition) is 0. The molecule has 0 fully saturated rings. The van der Waals surface area contributed by atoms with Crippen molar-refractivity contribution >= 4 is 11.6 Å². The number of rotatable bonds is 2. The molecule has 0 aliphatic heterocycles. The van der Waals surface area contributed by atoms with Crippen molar-refractivity contribution in [2.24, 2.45) is 0 Å². The van der Waals surface area contributed by atoms with E-state index in [-0.39, 0.29) is 6.42 Å². The topological polar surface area (TPSA) is 12.9 Å². The molecular weight excluding hydrogens is 215 g/mol. The summed E-state index contributed by atoms with van der Waals surface area (Å²) < 4.78 is 36.3. The zero-order chi connectivity index (χ0) is 10.8. The van der Waals surface area contributed by atoms with E-state index in [4.69, 9.17) is 11.6 Å².